The summed E-state index contributed by atoms with van der Waals surface area (Å²) in [5.74, 6) is 1.32. The van der Waals surface area contributed by atoms with Crippen molar-refractivity contribution >= 4 is 5.82 Å². The Hall–Kier alpha value is -1.16. The molecule has 0 unspecified atom stereocenters. The summed E-state index contributed by atoms with van der Waals surface area (Å²) >= 11 is 0. The molecular weight excluding hydrogens is 166 g/mol. The maximum Gasteiger partial charge on any atom is 0.147 e. The summed E-state index contributed by atoms with van der Waals surface area (Å²) in [6, 6.07) is 0. The molecule has 70 valence electrons. The van der Waals surface area contributed by atoms with Crippen LogP contribution in [0.1, 0.15) is 6.42 Å². The van der Waals surface area contributed by atoms with Crippen molar-refractivity contribution in [3.05, 3.63) is 18.6 Å². The Labute approximate surface area is 77.2 Å². The molecule has 1 fully saturated rings. The largest absolute Gasteiger partial charge is 0.396 e. The van der Waals surface area contributed by atoms with Crippen molar-refractivity contribution in [1.82, 2.24) is 9.97 Å². The van der Waals surface area contributed by atoms with E-state index in [9.17, 15) is 0 Å². The van der Waals surface area contributed by atoms with Gasteiger partial charge in [0, 0.05) is 38.0 Å². The highest BCUT2D eigenvalue weighted by Crippen LogP contribution is 2.20. The van der Waals surface area contributed by atoms with Gasteiger partial charge in [-0.05, 0) is 6.42 Å². The third kappa shape index (κ3) is 1.78. The summed E-state index contributed by atoms with van der Waals surface area (Å²) in [5.41, 5.74) is 0. The van der Waals surface area contributed by atoms with Crippen LogP contribution in [-0.4, -0.2) is 34.8 Å². The minimum atomic E-state index is 0.275. The highest BCUT2D eigenvalue weighted by molar-refractivity contribution is 5.36. The third-order valence-electron chi connectivity index (χ3n) is 2.42. The number of aliphatic hydroxyl groups excluding tert-OH is 1. The first kappa shape index (κ1) is 8.44. The van der Waals surface area contributed by atoms with E-state index in [1.54, 1.807) is 18.6 Å². The van der Waals surface area contributed by atoms with E-state index in [0.717, 1.165) is 25.3 Å². The third-order valence-corrected chi connectivity index (χ3v) is 2.42. The van der Waals surface area contributed by atoms with Crippen LogP contribution in [-0.2, 0) is 0 Å². The van der Waals surface area contributed by atoms with Crippen molar-refractivity contribution in [1.29, 1.82) is 0 Å². The van der Waals surface area contributed by atoms with Crippen LogP contribution in [0.4, 0.5) is 5.82 Å². The number of rotatable bonds is 2. The minimum Gasteiger partial charge on any atom is -0.396 e. The van der Waals surface area contributed by atoms with E-state index in [4.69, 9.17) is 5.11 Å². The van der Waals surface area contributed by atoms with Crippen LogP contribution in [0.15, 0.2) is 18.6 Å². The molecule has 0 aliphatic carbocycles. The Morgan fingerprint density at radius 1 is 1.54 bits per heavy atom. The predicted octanol–water partition coefficient (Wildman–Crippen LogP) is 0.295. The highest BCUT2D eigenvalue weighted by Gasteiger charge is 2.22. The molecule has 0 spiro atoms. The van der Waals surface area contributed by atoms with Gasteiger partial charge >= 0.3 is 0 Å². The van der Waals surface area contributed by atoms with E-state index in [1.807, 2.05) is 0 Å². The van der Waals surface area contributed by atoms with Gasteiger partial charge in [-0.15, -0.1) is 0 Å². The van der Waals surface area contributed by atoms with Crippen LogP contribution >= 0.6 is 0 Å². The Bertz CT molecular complexity index is 265. The highest BCUT2D eigenvalue weighted by atomic mass is 16.3. The predicted molar refractivity (Wildman–Crippen MR) is 49.4 cm³/mol. The normalized spacial score (nSPS) is 22.2. The lowest BCUT2D eigenvalue weighted by Crippen LogP contribution is -2.21. The van der Waals surface area contributed by atoms with E-state index in [1.165, 1.54) is 0 Å². The monoisotopic (exact) mass is 179 g/mol. The molecule has 1 saturated heterocycles. The fourth-order valence-electron chi connectivity index (χ4n) is 1.64. The van der Waals surface area contributed by atoms with Crippen molar-refractivity contribution < 1.29 is 5.11 Å². The second-order valence-electron chi connectivity index (χ2n) is 3.35. The number of anilines is 1. The van der Waals surface area contributed by atoms with Gasteiger partial charge in [0.15, 0.2) is 0 Å². The summed E-state index contributed by atoms with van der Waals surface area (Å²) in [6.07, 6.45) is 6.18. The standard InChI is InChI=1S/C9H13N3O/c13-7-8-1-4-12(6-8)9-5-10-2-3-11-9/h2-3,5,8,13H,1,4,6-7H2/t8-/m1/s1. The van der Waals surface area contributed by atoms with E-state index in [-0.39, 0.29) is 6.61 Å². The van der Waals surface area contributed by atoms with E-state index in [0.29, 0.717) is 5.92 Å². The van der Waals surface area contributed by atoms with Crippen molar-refractivity contribution in [2.45, 2.75) is 6.42 Å². The molecule has 2 rings (SSSR count). The Morgan fingerprint density at radius 2 is 2.46 bits per heavy atom. The van der Waals surface area contributed by atoms with Gasteiger partial charge in [-0.1, -0.05) is 0 Å². The van der Waals surface area contributed by atoms with Gasteiger partial charge < -0.3 is 10.0 Å². The first-order valence-electron chi connectivity index (χ1n) is 4.52. The second kappa shape index (κ2) is 3.70. The van der Waals surface area contributed by atoms with Crippen molar-refractivity contribution in [2.24, 2.45) is 5.92 Å². The first-order chi connectivity index (χ1) is 6.40. The van der Waals surface area contributed by atoms with Crippen LogP contribution in [0.3, 0.4) is 0 Å². The first-order valence-corrected chi connectivity index (χ1v) is 4.52. The average Bonchev–Trinajstić information content (AvgIpc) is 2.67. The molecule has 0 amide bonds. The Morgan fingerprint density at radius 3 is 3.08 bits per heavy atom. The van der Waals surface area contributed by atoms with E-state index < -0.39 is 0 Å². The molecular formula is C9H13N3O. The van der Waals surface area contributed by atoms with Crippen molar-refractivity contribution in [3.8, 4) is 0 Å². The van der Waals surface area contributed by atoms with Crippen LogP contribution in [0.5, 0.6) is 0 Å². The average molecular weight is 179 g/mol. The fraction of sp³-hybridized carbons (Fsp3) is 0.556. The lowest BCUT2D eigenvalue weighted by Gasteiger charge is -2.15. The number of aliphatic hydroxyl groups is 1. The molecule has 1 aliphatic rings. The van der Waals surface area contributed by atoms with Crippen molar-refractivity contribution in [3.63, 3.8) is 0 Å². The quantitative estimate of drug-likeness (QED) is 0.709. The molecule has 0 aromatic carbocycles. The zero-order chi connectivity index (χ0) is 9.10. The number of hydrogen-bond donors (Lipinski definition) is 1. The van der Waals surface area contributed by atoms with Gasteiger partial charge in [0.2, 0.25) is 0 Å². The Balaban J connectivity index is 2.04. The fourth-order valence-corrected chi connectivity index (χ4v) is 1.64. The van der Waals surface area contributed by atoms with Gasteiger partial charge in [-0.3, -0.25) is 4.98 Å². The molecule has 0 radical (unpaired) electrons. The molecule has 13 heavy (non-hydrogen) atoms. The Kier molecular flexibility index (Phi) is 2.40. The molecule has 1 aromatic heterocycles. The number of aromatic nitrogens is 2. The van der Waals surface area contributed by atoms with Crippen LogP contribution in [0.2, 0.25) is 0 Å². The van der Waals surface area contributed by atoms with Gasteiger partial charge in [0.1, 0.15) is 5.82 Å². The van der Waals surface area contributed by atoms with Gasteiger partial charge in [0.25, 0.3) is 0 Å². The zero-order valence-corrected chi connectivity index (χ0v) is 7.43. The van der Waals surface area contributed by atoms with Gasteiger partial charge in [0.05, 0.1) is 6.20 Å². The molecule has 1 atom stereocenters. The molecule has 4 nitrogen and oxygen atoms in total. The summed E-state index contributed by atoms with van der Waals surface area (Å²) in [5, 5.41) is 8.97. The smallest absolute Gasteiger partial charge is 0.147 e. The topological polar surface area (TPSA) is 49.2 Å². The molecule has 1 aromatic rings. The van der Waals surface area contributed by atoms with Crippen LogP contribution in [0.25, 0.3) is 0 Å². The van der Waals surface area contributed by atoms with Crippen LogP contribution in [0, 0.1) is 5.92 Å². The maximum absolute atomic E-state index is 8.97. The molecule has 2 heterocycles. The summed E-state index contributed by atoms with van der Waals surface area (Å²) < 4.78 is 0. The van der Waals surface area contributed by atoms with Gasteiger partial charge in [-0.25, -0.2) is 4.98 Å². The molecule has 4 heteroatoms. The molecule has 1 aliphatic heterocycles. The number of nitrogens with zero attached hydrogens (tertiary/aromatic N) is 3. The van der Waals surface area contributed by atoms with E-state index in [2.05, 4.69) is 14.9 Å². The van der Waals surface area contributed by atoms with Crippen LogP contribution < -0.4 is 4.90 Å². The lowest BCUT2D eigenvalue weighted by atomic mass is 10.1. The lowest BCUT2D eigenvalue weighted by molar-refractivity contribution is 0.238. The molecule has 1 N–H and O–H groups in total. The van der Waals surface area contributed by atoms with Gasteiger partial charge in [-0.2, -0.15) is 0 Å². The minimum absolute atomic E-state index is 0.275. The molecule has 0 saturated carbocycles. The summed E-state index contributed by atoms with van der Waals surface area (Å²) in [7, 11) is 0. The summed E-state index contributed by atoms with van der Waals surface area (Å²) in [4.78, 5) is 10.4. The summed E-state index contributed by atoms with van der Waals surface area (Å²) in [6.45, 7) is 2.15. The SMILES string of the molecule is OC[C@@H]1CCN(c2cnccn2)C1. The second-order valence-corrected chi connectivity index (χ2v) is 3.35. The van der Waals surface area contributed by atoms with E-state index >= 15 is 0 Å². The molecule has 0 bridgehead atoms. The van der Waals surface area contributed by atoms with Crippen molar-refractivity contribution in [2.75, 3.05) is 24.6 Å². The number of hydrogen-bond acceptors (Lipinski definition) is 4. The zero-order valence-electron chi connectivity index (χ0n) is 7.43. The maximum atomic E-state index is 8.97.